The minimum atomic E-state index is -0.330. The zero-order valence-electron chi connectivity index (χ0n) is 15.6. The fourth-order valence-electron chi connectivity index (χ4n) is 4.23. The molecule has 1 atom stereocenters. The summed E-state index contributed by atoms with van der Waals surface area (Å²) >= 11 is 0. The number of urea groups is 1. The van der Waals surface area contributed by atoms with Gasteiger partial charge >= 0.3 is 12.1 Å². The third-order valence-corrected chi connectivity index (χ3v) is 4.71. The lowest BCUT2D eigenvalue weighted by atomic mass is 9.80. The Labute approximate surface area is 144 Å². The highest BCUT2D eigenvalue weighted by Crippen LogP contribution is 2.28. The van der Waals surface area contributed by atoms with E-state index in [2.05, 4.69) is 43.6 Å². The van der Waals surface area contributed by atoms with Gasteiger partial charge in [-0.05, 0) is 53.4 Å². The Kier molecular flexibility index (Phi) is 5.63. The Morgan fingerprint density at radius 2 is 1.67 bits per heavy atom. The molecule has 2 rings (SSSR count). The molecule has 3 amide bonds. The molecule has 0 aromatic carbocycles. The largest absolute Gasteiger partial charge is 0.453 e. The maximum absolute atomic E-state index is 12.4. The number of hydrogen-bond donors (Lipinski definition) is 3. The van der Waals surface area contributed by atoms with Crippen molar-refractivity contribution in [3.63, 3.8) is 0 Å². The predicted octanol–water partition coefficient (Wildman–Crippen LogP) is 1.83. The van der Waals surface area contributed by atoms with Crippen LogP contribution < -0.4 is 16.0 Å². The fraction of sp³-hybridized carbons (Fsp3) is 0.882. The second-order valence-electron chi connectivity index (χ2n) is 8.37. The molecule has 2 aliphatic rings. The molecule has 0 bridgehead atoms. The molecular weight excluding hydrogens is 308 g/mol. The number of ether oxygens (including phenoxy) is 1. The molecule has 24 heavy (non-hydrogen) atoms. The van der Waals surface area contributed by atoms with Crippen LogP contribution in [0, 0.1) is 0 Å². The lowest BCUT2D eigenvalue weighted by Gasteiger charge is -2.46. The van der Waals surface area contributed by atoms with Crippen LogP contribution in [0.1, 0.15) is 53.4 Å². The monoisotopic (exact) mass is 340 g/mol. The van der Waals surface area contributed by atoms with E-state index in [1.54, 1.807) is 4.90 Å². The molecule has 0 aromatic heterocycles. The summed E-state index contributed by atoms with van der Waals surface area (Å²) < 4.78 is 4.76. The van der Waals surface area contributed by atoms with E-state index in [9.17, 15) is 9.59 Å². The van der Waals surface area contributed by atoms with Gasteiger partial charge in [0.05, 0.1) is 7.11 Å². The summed E-state index contributed by atoms with van der Waals surface area (Å²) in [6.07, 6.45) is 3.20. The minimum Gasteiger partial charge on any atom is -0.453 e. The van der Waals surface area contributed by atoms with Crippen molar-refractivity contribution in [2.24, 2.45) is 0 Å². The molecule has 0 radical (unpaired) electrons. The Hall–Kier alpha value is -1.50. The standard InChI is InChI=1S/C17H32N4O3/c1-16(2)9-13(10-17(3,4)20-16)19-14(22)18-12-7-6-8-21(11-12)15(23)24-5/h12-13,20H,6-11H2,1-5H3,(H2,18,19,22)/t12-/m0/s1. The van der Waals surface area contributed by atoms with Gasteiger partial charge < -0.3 is 25.6 Å². The number of rotatable bonds is 2. The second kappa shape index (κ2) is 7.17. The topological polar surface area (TPSA) is 82.7 Å². The van der Waals surface area contributed by atoms with E-state index in [0.29, 0.717) is 13.1 Å². The average Bonchev–Trinajstić information content (AvgIpc) is 2.43. The average molecular weight is 340 g/mol. The molecule has 0 saturated carbocycles. The maximum atomic E-state index is 12.4. The molecule has 138 valence electrons. The summed E-state index contributed by atoms with van der Waals surface area (Å²) in [6.45, 7) is 9.84. The van der Waals surface area contributed by atoms with E-state index in [1.165, 1.54) is 7.11 Å². The normalized spacial score (nSPS) is 26.5. The van der Waals surface area contributed by atoms with Crippen molar-refractivity contribution < 1.29 is 14.3 Å². The summed E-state index contributed by atoms with van der Waals surface area (Å²) in [5, 5.41) is 9.73. The Balaban J connectivity index is 1.85. The number of methoxy groups -OCH3 is 1. The number of carbonyl (C=O) groups is 2. The van der Waals surface area contributed by atoms with Crippen molar-refractivity contribution in [1.29, 1.82) is 0 Å². The van der Waals surface area contributed by atoms with E-state index in [1.807, 2.05) is 0 Å². The van der Waals surface area contributed by atoms with Crippen LogP contribution in [-0.2, 0) is 4.74 Å². The first-order valence-corrected chi connectivity index (χ1v) is 8.79. The van der Waals surface area contributed by atoms with Crippen molar-refractivity contribution in [2.45, 2.75) is 76.5 Å². The molecule has 7 nitrogen and oxygen atoms in total. The molecule has 7 heteroatoms. The molecule has 2 aliphatic heterocycles. The summed E-state index contributed by atoms with van der Waals surface area (Å²) in [7, 11) is 1.38. The first kappa shape index (κ1) is 18.8. The van der Waals surface area contributed by atoms with E-state index < -0.39 is 0 Å². The van der Waals surface area contributed by atoms with Gasteiger partial charge in [-0.1, -0.05) is 0 Å². The van der Waals surface area contributed by atoms with Crippen LogP contribution in [0.4, 0.5) is 9.59 Å². The number of nitrogens with one attached hydrogen (secondary N) is 3. The summed E-state index contributed by atoms with van der Waals surface area (Å²) in [4.78, 5) is 25.6. The molecule has 0 spiro atoms. The quantitative estimate of drug-likeness (QED) is 0.716. The molecule has 2 fully saturated rings. The number of hydrogen-bond acceptors (Lipinski definition) is 4. The molecule has 3 N–H and O–H groups in total. The summed E-state index contributed by atoms with van der Waals surface area (Å²) in [5.41, 5.74) is -0.0154. The predicted molar refractivity (Wildman–Crippen MR) is 93.0 cm³/mol. The SMILES string of the molecule is COC(=O)N1CCC[C@H](NC(=O)NC2CC(C)(C)NC(C)(C)C2)C1. The van der Waals surface area contributed by atoms with Gasteiger partial charge in [-0.15, -0.1) is 0 Å². The molecule has 0 unspecified atom stereocenters. The van der Waals surface area contributed by atoms with Gasteiger partial charge in [-0.2, -0.15) is 0 Å². The van der Waals surface area contributed by atoms with E-state index in [0.717, 1.165) is 25.7 Å². The number of likely N-dealkylation sites (tertiary alicyclic amines) is 1. The van der Waals surface area contributed by atoms with Gasteiger partial charge in [0.1, 0.15) is 0 Å². The van der Waals surface area contributed by atoms with Crippen LogP contribution in [-0.4, -0.2) is 60.4 Å². The van der Waals surface area contributed by atoms with Crippen LogP contribution in [0.3, 0.4) is 0 Å². The van der Waals surface area contributed by atoms with Gasteiger partial charge in [0, 0.05) is 36.3 Å². The zero-order valence-corrected chi connectivity index (χ0v) is 15.6. The van der Waals surface area contributed by atoms with Crippen LogP contribution >= 0.6 is 0 Å². The van der Waals surface area contributed by atoms with Gasteiger partial charge in [0.2, 0.25) is 0 Å². The first-order valence-electron chi connectivity index (χ1n) is 8.79. The molecule has 0 aromatic rings. The van der Waals surface area contributed by atoms with E-state index in [-0.39, 0.29) is 35.3 Å². The van der Waals surface area contributed by atoms with E-state index >= 15 is 0 Å². The highest BCUT2D eigenvalue weighted by atomic mass is 16.5. The second-order valence-corrected chi connectivity index (χ2v) is 8.37. The highest BCUT2D eigenvalue weighted by molar-refractivity contribution is 5.75. The molecular formula is C17H32N4O3. The Morgan fingerprint density at radius 3 is 2.25 bits per heavy atom. The summed E-state index contributed by atoms with van der Waals surface area (Å²) in [6, 6.07) is -0.0395. The molecule has 2 saturated heterocycles. The first-order chi connectivity index (χ1) is 11.1. The zero-order chi connectivity index (χ0) is 18.0. The molecule has 2 heterocycles. The van der Waals surface area contributed by atoms with Crippen molar-refractivity contribution >= 4 is 12.1 Å². The van der Waals surface area contributed by atoms with Gasteiger partial charge in [0.25, 0.3) is 0 Å². The van der Waals surface area contributed by atoms with Crippen LogP contribution in [0.25, 0.3) is 0 Å². The minimum absolute atomic E-state index is 0.00772. The van der Waals surface area contributed by atoms with Crippen molar-refractivity contribution in [3.05, 3.63) is 0 Å². The number of piperidine rings is 2. The smallest absolute Gasteiger partial charge is 0.409 e. The van der Waals surface area contributed by atoms with E-state index in [4.69, 9.17) is 4.74 Å². The fourth-order valence-corrected chi connectivity index (χ4v) is 4.23. The lowest BCUT2D eigenvalue weighted by Crippen LogP contribution is -2.63. The van der Waals surface area contributed by atoms with Gasteiger partial charge in [-0.3, -0.25) is 0 Å². The van der Waals surface area contributed by atoms with Crippen LogP contribution in [0.5, 0.6) is 0 Å². The van der Waals surface area contributed by atoms with Crippen LogP contribution in [0.2, 0.25) is 0 Å². The van der Waals surface area contributed by atoms with Crippen molar-refractivity contribution in [1.82, 2.24) is 20.9 Å². The third kappa shape index (κ3) is 5.26. The Bertz CT molecular complexity index is 462. The summed E-state index contributed by atoms with van der Waals surface area (Å²) in [5.74, 6) is 0. The third-order valence-electron chi connectivity index (χ3n) is 4.71. The lowest BCUT2D eigenvalue weighted by molar-refractivity contribution is 0.107. The van der Waals surface area contributed by atoms with Gasteiger partial charge in [-0.25, -0.2) is 9.59 Å². The number of nitrogens with zero attached hydrogens (tertiary/aromatic N) is 1. The van der Waals surface area contributed by atoms with Crippen molar-refractivity contribution in [3.8, 4) is 0 Å². The highest BCUT2D eigenvalue weighted by Gasteiger charge is 2.38. The number of amides is 3. The van der Waals surface area contributed by atoms with Crippen LogP contribution in [0.15, 0.2) is 0 Å². The maximum Gasteiger partial charge on any atom is 0.409 e. The van der Waals surface area contributed by atoms with Gasteiger partial charge in [0.15, 0.2) is 0 Å². The number of carbonyl (C=O) groups excluding carboxylic acids is 2. The molecule has 0 aliphatic carbocycles. The van der Waals surface area contributed by atoms with Crippen molar-refractivity contribution in [2.75, 3.05) is 20.2 Å². The Morgan fingerprint density at radius 1 is 1.08 bits per heavy atom.